The quantitative estimate of drug-likeness (QED) is 0.614. The van der Waals surface area contributed by atoms with E-state index in [0.717, 1.165) is 25.3 Å². The van der Waals surface area contributed by atoms with Gasteiger partial charge in [0.25, 0.3) is 5.56 Å². The van der Waals surface area contributed by atoms with Gasteiger partial charge in [-0.3, -0.25) is 9.52 Å². The molecule has 33 heavy (non-hydrogen) atoms. The molecule has 0 atom stereocenters. The van der Waals surface area contributed by atoms with Gasteiger partial charge in [-0.25, -0.2) is 9.37 Å². The Labute approximate surface area is 189 Å². The first-order chi connectivity index (χ1) is 15.7. The van der Waals surface area contributed by atoms with Crippen LogP contribution in [0, 0.1) is 22.6 Å². The van der Waals surface area contributed by atoms with Crippen molar-refractivity contribution in [3.63, 3.8) is 0 Å². The van der Waals surface area contributed by atoms with E-state index in [9.17, 15) is 22.9 Å². The predicted octanol–water partition coefficient (Wildman–Crippen LogP) is 2.88. The van der Waals surface area contributed by atoms with Gasteiger partial charge in [0.15, 0.2) is 11.6 Å². The molecule has 2 heterocycles. The average Bonchev–Trinajstić information content (AvgIpc) is 3.40. The molecule has 3 aromatic rings. The third kappa shape index (κ3) is 3.81. The second kappa shape index (κ2) is 7.54. The van der Waals surface area contributed by atoms with Crippen LogP contribution in [0.2, 0.25) is 0 Å². The molecule has 9 nitrogen and oxygen atoms in total. The number of hydrogen-bond acceptors (Lipinski definition) is 6. The van der Waals surface area contributed by atoms with Gasteiger partial charge in [0.05, 0.1) is 22.9 Å². The molecule has 170 valence electrons. The number of anilines is 1. The third-order valence-corrected chi connectivity index (χ3v) is 7.74. The van der Waals surface area contributed by atoms with E-state index in [0.29, 0.717) is 18.6 Å². The lowest BCUT2D eigenvalue weighted by Crippen LogP contribution is -2.34. The van der Waals surface area contributed by atoms with Crippen molar-refractivity contribution in [3.05, 3.63) is 58.4 Å². The van der Waals surface area contributed by atoms with Crippen molar-refractivity contribution in [1.82, 2.24) is 13.9 Å². The van der Waals surface area contributed by atoms with E-state index >= 15 is 0 Å². The molecule has 11 heteroatoms. The maximum Gasteiger partial charge on any atom is 0.301 e. The molecule has 0 unspecified atom stereocenters. The number of aromatic nitrogens is 2. The molecule has 1 aromatic heterocycles. The number of rotatable bonds is 5. The number of nitrogens with zero attached hydrogens (tertiary/aromatic N) is 4. The normalized spacial score (nSPS) is 17.2. The minimum absolute atomic E-state index is 0.0796. The molecule has 0 radical (unpaired) electrons. The number of nitrogens with one attached hydrogen (secondary N) is 1. The molecule has 1 aliphatic heterocycles. The van der Waals surface area contributed by atoms with Crippen molar-refractivity contribution in [3.8, 4) is 17.6 Å². The number of halogens is 1. The third-order valence-electron chi connectivity index (χ3n) is 6.27. The highest BCUT2D eigenvalue weighted by Gasteiger charge is 2.50. The van der Waals surface area contributed by atoms with Crippen molar-refractivity contribution in [2.45, 2.75) is 19.3 Å². The molecule has 5 rings (SSSR count). The molecule has 2 fully saturated rings. The number of ether oxygens (including phenoxy) is 1. The lowest BCUT2D eigenvalue weighted by Gasteiger charge is -2.19. The first kappa shape index (κ1) is 21.4. The van der Waals surface area contributed by atoms with E-state index < -0.39 is 21.8 Å². The summed E-state index contributed by atoms with van der Waals surface area (Å²) in [5.41, 5.74) is -0.160. The number of aryl methyl sites for hydroxylation is 1. The molecule has 2 aromatic carbocycles. The van der Waals surface area contributed by atoms with Crippen LogP contribution < -0.4 is 15.0 Å². The fourth-order valence-electron chi connectivity index (χ4n) is 4.11. The van der Waals surface area contributed by atoms with Gasteiger partial charge >= 0.3 is 10.2 Å². The number of benzene rings is 2. The van der Waals surface area contributed by atoms with E-state index in [1.165, 1.54) is 33.4 Å². The highest BCUT2D eigenvalue weighted by Crippen LogP contribution is 2.53. The Hall–Kier alpha value is -3.49. The van der Waals surface area contributed by atoms with Gasteiger partial charge in [-0.05, 0) is 55.0 Å². The van der Waals surface area contributed by atoms with Crippen LogP contribution >= 0.6 is 0 Å². The first-order valence-corrected chi connectivity index (χ1v) is 11.8. The Morgan fingerprint density at radius 3 is 2.73 bits per heavy atom. The predicted molar refractivity (Wildman–Crippen MR) is 119 cm³/mol. The van der Waals surface area contributed by atoms with Crippen LogP contribution in [-0.2, 0) is 17.3 Å². The van der Waals surface area contributed by atoms with Gasteiger partial charge < -0.3 is 9.30 Å². The summed E-state index contributed by atoms with van der Waals surface area (Å²) in [6, 6.07) is 8.50. The molecule has 0 amide bonds. The van der Waals surface area contributed by atoms with Gasteiger partial charge in [0.1, 0.15) is 17.4 Å². The standard InChI is InChI=1S/C22H20FN5O4S/c1-27-13-25-18-4-2-14(10-15(18)21(27)29)32-20-16(11-24)19(5-3-17(20)23)26-33(30,31)28-9-8-22(12-28)6-7-22/h2-5,10,13,26H,6-9,12H2,1H3. The summed E-state index contributed by atoms with van der Waals surface area (Å²) in [6.07, 6.45) is 4.23. The van der Waals surface area contributed by atoms with Crippen molar-refractivity contribution in [2.24, 2.45) is 12.5 Å². The zero-order valence-electron chi connectivity index (χ0n) is 17.7. The van der Waals surface area contributed by atoms with Crippen LogP contribution in [0.25, 0.3) is 10.9 Å². The van der Waals surface area contributed by atoms with Crippen molar-refractivity contribution in [1.29, 1.82) is 5.26 Å². The highest BCUT2D eigenvalue weighted by atomic mass is 32.2. The minimum atomic E-state index is -3.92. The van der Waals surface area contributed by atoms with Crippen LogP contribution in [-0.4, -0.2) is 35.4 Å². The van der Waals surface area contributed by atoms with E-state index in [-0.39, 0.29) is 33.4 Å². The largest absolute Gasteiger partial charge is 0.453 e. The van der Waals surface area contributed by atoms with E-state index in [1.807, 2.05) is 6.07 Å². The lowest BCUT2D eigenvalue weighted by atomic mass is 10.1. The maximum absolute atomic E-state index is 14.7. The summed E-state index contributed by atoms with van der Waals surface area (Å²) < 4.78 is 51.1. The molecule has 2 aliphatic rings. The molecule has 1 spiro atoms. The molecule has 0 bridgehead atoms. The van der Waals surface area contributed by atoms with Gasteiger partial charge in [0, 0.05) is 20.1 Å². The zero-order chi connectivity index (χ0) is 23.4. The van der Waals surface area contributed by atoms with E-state index in [2.05, 4.69) is 9.71 Å². The van der Waals surface area contributed by atoms with Crippen molar-refractivity contribution in [2.75, 3.05) is 17.8 Å². The Morgan fingerprint density at radius 1 is 1.24 bits per heavy atom. The summed E-state index contributed by atoms with van der Waals surface area (Å²) in [4.78, 5) is 16.5. The van der Waals surface area contributed by atoms with Gasteiger partial charge in [-0.15, -0.1) is 0 Å². The first-order valence-electron chi connectivity index (χ1n) is 10.4. The summed E-state index contributed by atoms with van der Waals surface area (Å²) >= 11 is 0. The minimum Gasteiger partial charge on any atom is -0.453 e. The fraction of sp³-hybridized carbons (Fsp3) is 0.318. The van der Waals surface area contributed by atoms with Crippen LogP contribution in [0.4, 0.5) is 10.1 Å². The van der Waals surface area contributed by atoms with Crippen LogP contribution in [0.1, 0.15) is 24.8 Å². The Morgan fingerprint density at radius 2 is 2.03 bits per heavy atom. The van der Waals surface area contributed by atoms with Crippen LogP contribution in [0.3, 0.4) is 0 Å². The molecular formula is C22H20FN5O4S. The smallest absolute Gasteiger partial charge is 0.301 e. The fourth-order valence-corrected chi connectivity index (χ4v) is 5.46. The number of nitriles is 1. The molecular weight excluding hydrogens is 449 g/mol. The topological polar surface area (TPSA) is 117 Å². The van der Waals surface area contributed by atoms with Crippen molar-refractivity contribution < 1.29 is 17.5 Å². The van der Waals surface area contributed by atoms with Gasteiger partial charge in [0.2, 0.25) is 0 Å². The Bertz CT molecular complexity index is 1490. The summed E-state index contributed by atoms with van der Waals surface area (Å²) in [5, 5.41) is 9.96. The number of hydrogen-bond donors (Lipinski definition) is 1. The molecule has 1 N–H and O–H groups in total. The maximum atomic E-state index is 14.7. The van der Waals surface area contributed by atoms with Crippen LogP contribution in [0.15, 0.2) is 41.5 Å². The summed E-state index contributed by atoms with van der Waals surface area (Å²) in [5.74, 6) is -1.16. The Balaban J connectivity index is 1.48. The monoisotopic (exact) mass is 469 g/mol. The lowest BCUT2D eigenvalue weighted by molar-refractivity contribution is 0.441. The molecule has 1 aliphatic carbocycles. The van der Waals surface area contributed by atoms with E-state index in [4.69, 9.17) is 4.74 Å². The average molecular weight is 469 g/mol. The Kier molecular flexibility index (Phi) is 4.88. The van der Waals surface area contributed by atoms with E-state index in [1.54, 1.807) is 13.1 Å². The summed E-state index contributed by atoms with van der Waals surface area (Å²) in [6.45, 7) is 0.844. The second-order valence-corrected chi connectivity index (χ2v) is 10.2. The molecule has 1 saturated carbocycles. The second-order valence-electron chi connectivity index (χ2n) is 8.54. The molecule has 1 saturated heterocycles. The van der Waals surface area contributed by atoms with Gasteiger partial charge in [-0.1, -0.05) is 0 Å². The van der Waals surface area contributed by atoms with Crippen LogP contribution in [0.5, 0.6) is 11.5 Å². The number of fused-ring (bicyclic) bond motifs is 1. The highest BCUT2D eigenvalue weighted by molar-refractivity contribution is 7.90. The van der Waals surface area contributed by atoms with Crippen molar-refractivity contribution >= 4 is 26.8 Å². The SMILES string of the molecule is Cn1cnc2ccc(Oc3c(F)ccc(NS(=O)(=O)N4CCC5(CC5)C4)c3C#N)cc2c1=O. The summed E-state index contributed by atoms with van der Waals surface area (Å²) in [7, 11) is -2.36. The zero-order valence-corrected chi connectivity index (χ0v) is 18.5. The van der Waals surface area contributed by atoms with Gasteiger partial charge in [-0.2, -0.15) is 18.0 Å².